The molecule has 0 radical (unpaired) electrons. The first kappa shape index (κ1) is 34.0. The second-order valence-electron chi connectivity index (χ2n) is 12.3. The van der Waals surface area contributed by atoms with E-state index in [4.69, 9.17) is 21.1 Å². The molecule has 2 saturated carbocycles. The van der Waals surface area contributed by atoms with Gasteiger partial charge in [-0.25, -0.2) is 18.2 Å². The zero-order valence-corrected chi connectivity index (χ0v) is 27.9. The number of aromatic carboxylic acids is 1. The highest BCUT2D eigenvalue weighted by molar-refractivity contribution is 7.91. The van der Waals surface area contributed by atoms with Crippen molar-refractivity contribution < 1.29 is 42.2 Å². The third-order valence-electron chi connectivity index (χ3n) is 8.96. The van der Waals surface area contributed by atoms with Gasteiger partial charge in [-0.15, -0.1) is 6.58 Å². The number of ether oxygens (including phenoxy) is 2. The number of halogens is 1. The predicted molar refractivity (Wildman–Crippen MR) is 179 cm³/mol. The van der Waals surface area contributed by atoms with Gasteiger partial charge in [0.1, 0.15) is 23.4 Å². The Hall–Kier alpha value is -4.89. The molecule has 0 unspecified atom stereocenters. The molecule has 16 heteroatoms. The molecule has 258 valence electrons. The van der Waals surface area contributed by atoms with E-state index in [0.717, 1.165) is 0 Å². The Morgan fingerprint density at radius 1 is 1.16 bits per heavy atom. The summed E-state index contributed by atoms with van der Waals surface area (Å²) in [6.07, 6.45) is 3.29. The number of benzene rings is 2. The summed E-state index contributed by atoms with van der Waals surface area (Å²) < 4.78 is 39.0. The van der Waals surface area contributed by atoms with Crippen LogP contribution in [0.3, 0.4) is 0 Å². The first-order chi connectivity index (χ1) is 23.3. The van der Waals surface area contributed by atoms with Crippen molar-refractivity contribution in [3.8, 4) is 11.6 Å². The SMILES string of the molecule is C=C[C@@H]1C[C@]1(NC(=O)[C@@H]1C[C@@H](Oc2ncc(OC)c3ccc(Cl)cc23)CN1C(=O)CNc1cccc(C(=O)O)c1)C(=O)NS(=O)(=O)C1CC1. The van der Waals surface area contributed by atoms with Gasteiger partial charge < -0.3 is 30.1 Å². The maximum atomic E-state index is 14.0. The van der Waals surface area contributed by atoms with Gasteiger partial charge in [-0.05, 0) is 55.7 Å². The van der Waals surface area contributed by atoms with Crippen LogP contribution in [0.2, 0.25) is 5.02 Å². The van der Waals surface area contributed by atoms with Gasteiger partial charge in [0, 0.05) is 33.8 Å². The van der Waals surface area contributed by atoms with E-state index in [1.54, 1.807) is 24.3 Å². The highest BCUT2D eigenvalue weighted by atomic mass is 35.5. The van der Waals surface area contributed by atoms with E-state index in [0.29, 0.717) is 40.1 Å². The number of pyridine rings is 1. The average molecular weight is 712 g/mol. The van der Waals surface area contributed by atoms with Gasteiger partial charge in [0.05, 0.1) is 37.2 Å². The van der Waals surface area contributed by atoms with Crippen LogP contribution in [-0.4, -0.2) is 90.2 Å². The van der Waals surface area contributed by atoms with Crippen LogP contribution >= 0.6 is 11.6 Å². The number of methoxy groups -OCH3 is 1. The molecule has 2 aliphatic carbocycles. The summed E-state index contributed by atoms with van der Waals surface area (Å²) in [7, 11) is -2.39. The van der Waals surface area contributed by atoms with Crippen molar-refractivity contribution in [2.24, 2.45) is 5.92 Å². The molecule has 3 aliphatic rings. The molecule has 3 aromatic rings. The fraction of sp³-hybridized carbons (Fsp3) is 0.364. The number of aromatic nitrogens is 1. The van der Waals surface area contributed by atoms with Gasteiger partial charge in [0.15, 0.2) is 0 Å². The number of likely N-dealkylation sites (tertiary alicyclic amines) is 1. The second-order valence-corrected chi connectivity index (χ2v) is 14.7. The van der Waals surface area contributed by atoms with E-state index < -0.39 is 62.6 Å². The van der Waals surface area contributed by atoms with E-state index in [9.17, 15) is 32.7 Å². The lowest BCUT2D eigenvalue weighted by molar-refractivity contribution is -0.138. The van der Waals surface area contributed by atoms with Gasteiger partial charge in [-0.1, -0.05) is 23.7 Å². The lowest BCUT2D eigenvalue weighted by Crippen LogP contribution is -2.57. The Morgan fingerprint density at radius 2 is 1.94 bits per heavy atom. The third kappa shape index (κ3) is 6.99. The van der Waals surface area contributed by atoms with Crippen LogP contribution in [0.4, 0.5) is 5.69 Å². The lowest BCUT2D eigenvalue weighted by atomic mass is 10.1. The number of hydrogen-bond acceptors (Lipinski definition) is 10. The van der Waals surface area contributed by atoms with Gasteiger partial charge in [0.2, 0.25) is 27.7 Å². The van der Waals surface area contributed by atoms with E-state index in [1.165, 1.54) is 42.5 Å². The lowest BCUT2D eigenvalue weighted by Gasteiger charge is -2.26. The van der Waals surface area contributed by atoms with Crippen LogP contribution in [0.15, 0.2) is 61.3 Å². The number of carboxylic acid groups (broad SMARTS) is 1. The average Bonchev–Trinajstić information content (AvgIpc) is 4.00. The predicted octanol–water partition coefficient (Wildman–Crippen LogP) is 2.72. The molecule has 0 spiro atoms. The van der Waals surface area contributed by atoms with Crippen LogP contribution in [0.1, 0.15) is 36.0 Å². The summed E-state index contributed by atoms with van der Waals surface area (Å²) in [5.41, 5.74) is -1.14. The third-order valence-corrected chi connectivity index (χ3v) is 11.0. The van der Waals surface area contributed by atoms with Gasteiger partial charge in [-0.2, -0.15) is 0 Å². The number of anilines is 1. The summed E-state index contributed by atoms with van der Waals surface area (Å²) in [4.78, 5) is 58.1. The molecule has 4 N–H and O–H groups in total. The minimum absolute atomic E-state index is 0.0126. The summed E-state index contributed by atoms with van der Waals surface area (Å²) in [5.74, 6) is -2.99. The largest absolute Gasteiger partial charge is 0.494 e. The summed E-state index contributed by atoms with van der Waals surface area (Å²) in [6, 6.07) is 9.93. The quantitative estimate of drug-likeness (QED) is 0.191. The molecular weight excluding hydrogens is 678 g/mol. The number of nitrogens with one attached hydrogen (secondary N) is 3. The van der Waals surface area contributed by atoms with Crippen molar-refractivity contribution in [2.45, 2.75) is 48.6 Å². The van der Waals surface area contributed by atoms with Crippen LogP contribution in [0, 0.1) is 5.92 Å². The zero-order valence-electron chi connectivity index (χ0n) is 26.3. The first-order valence-corrected chi connectivity index (χ1v) is 17.4. The maximum Gasteiger partial charge on any atom is 0.335 e. The Bertz CT molecular complexity index is 1970. The second kappa shape index (κ2) is 13.2. The van der Waals surface area contributed by atoms with Gasteiger partial charge >= 0.3 is 5.97 Å². The van der Waals surface area contributed by atoms with E-state index in [1.807, 2.05) is 0 Å². The van der Waals surface area contributed by atoms with E-state index in [-0.39, 0.29) is 37.4 Å². The van der Waals surface area contributed by atoms with Crippen molar-refractivity contribution in [2.75, 3.05) is 25.5 Å². The van der Waals surface area contributed by atoms with Crippen LogP contribution < -0.4 is 24.8 Å². The van der Waals surface area contributed by atoms with Crippen LogP contribution in [0.5, 0.6) is 11.6 Å². The molecule has 3 fully saturated rings. The summed E-state index contributed by atoms with van der Waals surface area (Å²) in [5, 5.41) is 16.0. The number of amides is 3. The summed E-state index contributed by atoms with van der Waals surface area (Å²) >= 11 is 6.28. The highest BCUT2D eigenvalue weighted by Crippen LogP contribution is 2.45. The molecule has 1 aromatic heterocycles. The molecular formula is C33H34ClN5O9S. The highest BCUT2D eigenvalue weighted by Gasteiger charge is 2.62. The molecule has 14 nitrogen and oxygen atoms in total. The topological polar surface area (TPSA) is 193 Å². The molecule has 6 rings (SSSR count). The van der Waals surface area contributed by atoms with Gasteiger partial charge in [0.25, 0.3) is 5.91 Å². The number of rotatable bonds is 13. The fourth-order valence-electron chi connectivity index (χ4n) is 6.05. The zero-order chi connectivity index (χ0) is 35.1. The normalized spacial score (nSPS) is 23.0. The monoisotopic (exact) mass is 711 g/mol. The smallest absolute Gasteiger partial charge is 0.335 e. The number of nitrogens with zero attached hydrogens (tertiary/aromatic N) is 2. The minimum atomic E-state index is -3.89. The fourth-order valence-corrected chi connectivity index (χ4v) is 7.58. The summed E-state index contributed by atoms with van der Waals surface area (Å²) in [6.45, 7) is 3.40. The minimum Gasteiger partial charge on any atom is -0.494 e. The van der Waals surface area contributed by atoms with Crippen LogP contribution in [0.25, 0.3) is 10.8 Å². The van der Waals surface area contributed by atoms with E-state index in [2.05, 4.69) is 26.9 Å². The number of carbonyl (C=O) groups is 4. The van der Waals surface area contributed by atoms with Gasteiger partial charge in [-0.3, -0.25) is 19.1 Å². The number of fused-ring (bicyclic) bond motifs is 1. The standard InChI is InChI=1S/C33H34ClN5O9S/c1-3-19-14-33(19,32(44)38-49(45,46)23-8-9-23)37-29(41)26-13-22(48-30-25-12-20(34)7-10-24(25)27(47-2)15-36-30)17-39(26)28(40)16-35-21-6-4-5-18(11-21)31(42)43/h3-7,10-12,15,19,22-23,26,35H,1,8-9,13-14,16-17H2,2H3,(H,37,41)(H,38,44)(H,42,43)/t19-,22-,26+,33-/m1/s1. The molecule has 0 bridgehead atoms. The molecule has 49 heavy (non-hydrogen) atoms. The van der Waals surface area contributed by atoms with Crippen molar-refractivity contribution in [3.63, 3.8) is 0 Å². The number of sulfonamides is 1. The molecule has 2 aromatic carbocycles. The molecule has 1 saturated heterocycles. The van der Waals surface area contributed by atoms with Crippen molar-refractivity contribution in [1.29, 1.82) is 0 Å². The van der Waals surface area contributed by atoms with Crippen molar-refractivity contribution in [3.05, 3.63) is 71.9 Å². The first-order valence-electron chi connectivity index (χ1n) is 15.5. The number of hydrogen-bond donors (Lipinski definition) is 4. The Balaban J connectivity index is 1.25. The Morgan fingerprint density at radius 3 is 2.61 bits per heavy atom. The molecule has 2 heterocycles. The van der Waals surface area contributed by atoms with Crippen molar-refractivity contribution in [1.82, 2.24) is 19.9 Å². The Kier molecular flexibility index (Phi) is 9.15. The van der Waals surface area contributed by atoms with E-state index >= 15 is 0 Å². The number of carbonyl (C=O) groups excluding carboxylic acids is 3. The molecule has 1 aliphatic heterocycles. The van der Waals surface area contributed by atoms with Crippen LogP contribution in [-0.2, 0) is 24.4 Å². The number of carboxylic acids is 1. The molecule has 3 amide bonds. The molecule has 4 atom stereocenters. The maximum absolute atomic E-state index is 14.0. The Labute approximate surface area is 286 Å². The van der Waals surface area contributed by atoms with Crippen molar-refractivity contribution >= 4 is 61.8 Å².